The van der Waals surface area contributed by atoms with E-state index in [0.29, 0.717) is 0 Å². The van der Waals surface area contributed by atoms with Crippen LogP contribution in [0.1, 0.15) is 18.9 Å². The van der Waals surface area contributed by atoms with E-state index >= 15 is 0 Å². The van der Waals surface area contributed by atoms with E-state index in [0.717, 1.165) is 30.3 Å². The second kappa shape index (κ2) is 8.09. The van der Waals surface area contributed by atoms with Crippen LogP contribution in [-0.2, 0) is 9.59 Å². The SMILES string of the molecule is CCCN(CC(=O)N(C)C)c1ccccc1C=CC(=O)O. The van der Waals surface area contributed by atoms with E-state index in [1.54, 1.807) is 25.1 Å². The summed E-state index contributed by atoms with van der Waals surface area (Å²) in [6.45, 7) is 3.05. The summed E-state index contributed by atoms with van der Waals surface area (Å²) in [7, 11) is 3.45. The summed E-state index contributed by atoms with van der Waals surface area (Å²) in [4.78, 5) is 26.2. The van der Waals surface area contributed by atoms with Crippen LogP contribution < -0.4 is 4.90 Å². The van der Waals surface area contributed by atoms with Gasteiger partial charge in [0.1, 0.15) is 0 Å². The zero-order chi connectivity index (χ0) is 15.8. The first-order valence-corrected chi connectivity index (χ1v) is 6.90. The van der Waals surface area contributed by atoms with Gasteiger partial charge in [-0.3, -0.25) is 4.79 Å². The Morgan fingerprint density at radius 2 is 1.90 bits per heavy atom. The van der Waals surface area contributed by atoms with E-state index in [2.05, 4.69) is 0 Å². The van der Waals surface area contributed by atoms with Crippen molar-refractivity contribution in [2.45, 2.75) is 13.3 Å². The molecule has 5 heteroatoms. The molecule has 0 aliphatic heterocycles. The first-order chi connectivity index (χ1) is 9.95. The molecule has 1 N–H and O–H groups in total. The number of rotatable bonds is 7. The van der Waals surface area contributed by atoms with Crippen LogP contribution >= 0.6 is 0 Å². The maximum absolute atomic E-state index is 12.0. The maximum atomic E-state index is 12.0. The average molecular weight is 290 g/mol. The summed E-state index contributed by atoms with van der Waals surface area (Å²) >= 11 is 0. The number of carbonyl (C=O) groups is 2. The third-order valence-electron chi connectivity index (χ3n) is 3.00. The van der Waals surface area contributed by atoms with Crippen LogP contribution in [-0.4, -0.2) is 49.1 Å². The van der Waals surface area contributed by atoms with E-state index in [1.807, 2.05) is 36.1 Å². The Morgan fingerprint density at radius 1 is 1.24 bits per heavy atom. The van der Waals surface area contributed by atoms with Crippen LogP contribution in [0.5, 0.6) is 0 Å². The molecule has 1 rings (SSSR count). The number of aliphatic carboxylic acids is 1. The molecule has 0 bridgehead atoms. The maximum Gasteiger partial charge on any atom is 0.328 e. The van der Waals surface area contributed by atoms with E-state index < -0.39 is 5.97 Å². The van der Waals surface area contributed by atoms with Gasteiger partial charge < -0.3 is 14.9 Å². The molecule has 0 fully saturated rings. The van der Waals surface area contributed by atoms with Crippen molar-refractivity contribution in [3.8, 4) is 0 Å². The second-order valence-corrected chi connectivity index (χ2v) is 4.94. The first-order valence-electron chi connectivity index (χ1n) is 6.90. The van der Waals surface area contributed by atoms with Crippen molar-refractivity contribution in [3.05, 3.63) is 35.9 Å². The Hall–Kier alpha value is -2.30. The van der Waals surface area contributed by atoms with Gasteiger partial charge in [0, 0.05) is 32.4 Å². The quantitative estimate of drug-likeness (QED) is 0.781. The fourth-order valence-corrected chi connectivity index (χ4v) is 1.94. The normalized spacial score (nSPS) is 10.6. The molecule has 0 radical (unpaired) electrons. The Kier molecular flexibility index (Phi) is 6.46. The lowest BCUT2D eigenvalue weighted by Gasteiger charge is -2.26. The highest BCUT2D eigenvalue weighted by Crippen LogP contribution is 2.22. The largest absolute Gasteiger partial charge is 0.478 e. The Bertz CT molecular complexity index is 524. The molecule has 0 atom stereocenters. The van der Waals surface area contributed by atoms with Gasteiger partial charge in [0.15, 0.2) is 0 Å². The number of anilines is 1. The van der Waals surface area contributed by atoms with Gasteiger partial charge in [-0.15, -0.1) is 0 Å². The number of nitrogens with zero attached hydrogens (tertiary/aromatic N) is 2. The minimum absolute atomic E-state index is 0.0143. The Labute approximate surface area is 125 Å². The summed E-state index contributed by atoms with van der Waals surface area (Å²) in [6, 6.07) is 7.48. The molecule has 0 aliphatic rings. The third kappa shape index (κ3) is 5.30. The summed E-state index contributed by atoms with van der Waals surface area (Å²) in [5.74, 6) is -0.975. The average Bonchev–Trinajstić information content (AvgIpc) is 2.44. The number of benzene rings is 1. The number of hydrogen-bond acceptors (Lipinski definition) is 3. The highest BCUT2D eigenvalue weighted by molar-refractivity contribution is 5.88. The molecule has 0 spiro atoms. The molecular formula is C16H22N2O3. The van der Waals surface area contributed by atoms with Gasteiger partial charge in [-0.05, 0) is 24.1 Å². The van der Waals surface area contributed by atoms with Crippen LogP contribution in [0.3, 0.4) is 0 Å². The van der Waals surface area contributed by atoms with E-state index in [9.17, 15) is 9.59 Å². The van der Waals surface area contributed by atoms with Gasteiger partial charge in [-0.1, -0.05) is 25.1 Å². The molecule has 21 heavy (non-hydrogen) atoms. The van der Waals surface area contributed by atoms with Crippen molar-refractivity contribution < 1.29 is 14.7 Å². The van der Waals surface area contributed by atoms with Gasteiger partial charge in [-0.2, -0.15) is 0 Å². The van der Waals surface area contributed by atoms with Crippen molar-refractivity contribution in [1.82, 2.24) is 4.90 Å². The van der Waals surface area contributed by atoms with Crippen LogP contribution in [0, 0.1) is 0 Å². The number of hydrogen-bond donors (Lipinski definition) is 1. The van der Waals surface area contributed by atoms with Crippen molar-refractivity contribution in [1.29, 1.82) is 0 Å². The zero-order valence-corrected chi connectivity index (χ0v) is 12.7. The Balaban J connectivity index is 3.07. The summed E-state index contributed by atoms with van der Waals surface area (Å²) in [5, 5.41) is 8.76. The zero-order valence-electron chi connectivity index (χ0n) is 12.7. The predicted molar refractivity (Wildman–Crippen MR) is 84.3 cm³/mol. The van der Waals surface area contributed by atoms with Crippen molar-refractivity contribution >= 4 is 23.6 Å². The fourth-order valence-electron chi connectivity index (χ4n) is 1.94. The number of carbonyl (C=O) groups excluding carboxylic acids is 1. The number of para-hydroxylation sites is 1. The van der Waals surface area contributed by atoms with Crippen molar-refractivity contribution in [2.24, 2.45) is 0 Å². The monoisotopic (exact) mass is 290 g/mol. The van der Waals surface area contributed by atoms with E-state index in [4.69, 9.17) is 5.11 Å². The molecule has 0 aliphatic carbocycles. The fraction of sp³-hybridized carbons (Fsp3) is 0.375. The van der Waals surface area contributed by atoms with Crippen molar-refractivity contribution in [3.63, 3.8) is 0 Å². The molecule has 0 aromatic heterocycles. The highest BCUT2D eigenvalue weighted by atomic mass is 16.4. The molecule has 1 aromatic carbocycles. The highest BCUT2D eigenvalue weighted by Gasteiger charge is 2.14. The first kappa shape index (κ1) is 16.8. The number of amides is 1. The van der Waals surface area contributed by atoms with Gasteiger partial charge in [-0.25, -0.2) is 4.79 Å². The molecule has 0 heterocycles. The summed E-state index contributed by atoms with van der Waals surface area (Å²) in [6.07, 6.45) is 3.56. The van der Waals surface area contributed by atoms with Crippen LogP contribution in [0.25, 0.3) is 6.08 Å². The molecule has 1 aromatic rings. The smallest absolute Gasteiger partial charge is 0.328 e. The summed E-state index contributed by atoms with van der Waals surface area (Å²) in [5.41, 5.74) is 1.66. The van der Waals surface area contributed by atoms with Gasteiger partial charge in [0.2, 0.25) is 5.91 Å². The lowest BCUT2D eigenvalue weighted by atomic mass is 10.1. The molecule has 5 nitrogen and oxygen atoms in total. The molecule has 0 unspecified atom stereocenters. The second-order valence-electron chi connectivity index (χ2n) is 4.94. The number of likely N-dealkylation sites (N-methyl/N-ethyl adjacent to an activating group) is 1. The van der Waals surface area contributed by atoms with Crippen LogP contribution in [0.4, 0.5) is 5.69 Å². The minimum Gasteiger partial charge on any atom is -0.478 e. The van der Waals surface area contributed by atoms with Crippen LogP contribution in [0.15, 0.2) is 30.3 Å². The topological polar surface area (TPSA) is 60.9 Å². The standard InChI is InChI=1S/C16H22N2O3/c1-4-11-18(12-15(19)17(2)3)14-8-6-5-7-13(14)9-10-16(20)21/h5-10H,4,11-12H2,1-3H3,(H,20,21). The van der Waals surface area contributed by atoms with Gasteiger partial charge >= 0.3 is 5.97 Å². The van der Waals surface area contributed by atoms with Gasteiger partial charge in [0.25, 0.3) is 0 Å². The predicted octanol–water partition coefficient (Wildman–Crippen LogP) is 2.09. The lowest BCUT2D eigenvalue weighted by molar-refractivity contribution is -0.131. The number of carboxylic acids is 1. The lowest BCUT2D eigenvalue weighted by Crippen LogP contribution is -2.37. The molecular weight excluding hydrogens is 268 g/mol. The molecule has 1 amide bonds. The minimum atomic E-state index is -0.990. The molecule has 114 valence electrons. The van der Waals surface area contributed by atoms with Crippen LogP contribution in [0.2, 0.25) is 0 Å². The molecule has 0 saturated carbocycles. The number of carboxylic acid groups (broad SMARTS) is 1. The van der Waals surface area contributed by atoms with Crippen molar-refractivity contribution in [2.75, 3.05) is 32.1 Å². The third-order valence-corrected chi connectivity index (χ3v) is 3.00. The van der Waals surface area contributed by atoms with E-state index in [-0.39, 0.29) is 12.5 Å². The van der Waals surface area contributed by atoms with E-state index in [1.165, 1.54) is 0 Å². The Morgan fingerprint density at radius 3 is 2.48 bits per heavy atom. The molecule has 0 saturated heterocycles. The van der Waals surface area contributed by atoms with Gasteiger partial charge in [0.05, 0.1) is 6.54 Å². The summed E-state index contributed by atoms with van der Waals surface area (Å²) < 4.78 is 0.